The molecule has 3 nitrogen and oxygen atoms in total. The fourth-order valence-corrected chi connectivity index (χ4v) is 3.60. The molecule has 0 fully saturated rings. The molecule has 160 valence electrons. The minimum atomic E-state index is 0.0394. The number of ether oxygens (including phenoxy) is 3. The molecule has 0 aliphatic heterocycles. The van der Waals surface area contributed by atoms with Gasteiger partial charge in [0.2, 0.25) is 0 Å². The molecule has 0 spiro atoms. The molecule has 1 atom stereocenters. The molecule has 0 N–H and O–H groups in total. The van der Waals surface area contributed by atoms with Crippen LogP contribution in [-0.4, -0.2) is 20.8 Å². The highest BCUT2D eigenvalue weighted by molar-refractivity contribution is 5.39. The van der Waals surface area contributed by atoms with Crippen molar-refractivity contribution in [2.45, 2.75) is 70.8 Å². The van der Waals surface area contributed by atoms with E-state index in [2.05, 4.69) is 43.3 Å². The van der Waals surface area contributed by atoms with Gasteiger partial charge < -0.3 is 14.2 Å². The zero-order chi connectivity index (χ0) is 20.7. The van der Waals surface area contributed by atoms with Gasteiger partial charge in [-0.15, -0.1) is 0 Å². The number of benzene rings is 2. The molecule has 29 heavy (non-hydrogen) atoms. The van der Waals surface area contributed by atoms with Gasteiger partial charge >= 0.3 is 0 Å². The summed E-state index contributed by atoms with van der Waals surface area (Å²) in [5.41, 5.74) is 2.37. The standard InChI is InChI=1S/C26H38O3/c1-4-5-6-7-8-9-10-14-17-29-26(23-15-12-11-13-16-23)20-22-18-24(27-2)21-25(19-22)28-3/h11-13,15-16,18-19,21,26H,4-10,14,17,20H2,1-3H3. The first-order valence-electron chi connectivity index (χ1n) is 11.1. The number of rotatable bonds is 15. The summed E-state index contributed by atoms with van der Waals surface area (Å²) >= 11 is 0. The third-order valence-corrected chi connectivity index (χ3v) is 5.32. The molecule has 0 heterocycles. The van der Waals surface area contributed by atoms with E-state index in [1.54, 1.807) is 14.2 Å². The summed E-state index contributed by atoms with van der Waals surface area (Å²) in [6, 6.07) is 16.5. The zero-order valence-electron chi connectivity index (χ0n) is 18.5. The minimum Gasteiger partial charge on any atom is -0.497 e. The fraction of sp³-hybridized carbons (Fsp3) is 0.538. The van der Waals surface area contributed by atoms with Crippen molar-refractivity contribution in [2.75, 3.05) is 20.8 Å². The van der Waals surface area contributed by atoms with Gasteiger partial charge in [-0.1, -0.05) is 82.2 Å². The van der Waals surface area contributed by atoms with Crippen LogP contribution in [-0.2, 0) is 11.2 Å². The maximum atomic E-state index is 6.34. The fourth-order valence-electron chi connectivity index (χ4n) is 3.60. The lowest BCUT2D eigenvalue weighted by atomic mass is 10.0. The molecule has 0 saturated heterocycles. The van der Waals surface area contributed by atoms with Crippen molar-refractivity contribution in [1.82, 2.24) is 0 Å². The van der Waals surface area contributed by atoms with Gasteiger partial charge in [-0.3, -0.25) is 0 Å². The average Bonchev–Trinajstić information content (AvgIpc) is 2.77. The van der Waals surface area contributed by atoms with Gasteiger partial charge in [0.25, 0.3) is 0 Å². The highest BCUT2D eigenvalue weighted by Gasteiger charge is 2.14. The van der Waals surface area contributed by atoms with Gasteiger partial charge in [-0.2, -0.15) is 0 Å². The lowest BCUT2D eigenvalue weighted by Crippen LogP contribution is -2.09. The van der Waals surface area contributed by atoms with Crippen LogP contribution in [0.4, 0.5) is 0 Å². The Morgan fingerprint density at radius 1 is 0.724 bits per heavy atom. The molecule has 2 aromatic rings. The Balaban J connectivity index is 1.88. The molecule has 0 aliphatic carbocycles. The van der Waals surface area contributed by atoms with Crippen molar-refractivity contribution in [3.63, 3.8) is 0 Å². The van der Waals surface area contributed by atoms with Crippen LogP contribution in [0.2, 0.25) is 0 Å². The number of unbranched alkanes of at least 4 members (excludes halogenated alkanes) is 7. The zero-order valence-corrected chi connectivity index (χ0v) is 18.5. The topological polar surface area (TPSA) is 27.7 Å². The van der Waals surface area contributed by atoms with E-state index in [1.807, 2.05) is 12.1 Å². The predicted molar refractivity (Wildman–Crippen MR) is 121 cm³/mol. The predicted octanol–water partition coefficient (Wildman–Crippen LogP) is 7.14. The maximum Gasteiger partial charge on any atom is 0.122 e. The maximum absolute atomic E-state index is 6.34. The van der Waals surface area contributed by atoms with Crippen molar-refractivity contribution in [2.24, 2.45) is 0 Å². The summed E-state index contributed by atoms with van der Waals surface area (Å²) in [7, 11) is 3.37. The van der Waals surface area contributed by atoms with Crippen LogP contribution in [0.15, 0.2) is 48.5 Å². The smallest absolute Gasteiger partial charge is 0.122 e. The number of hydrogen-bond acceptors (Lipinski definition) is 3. The summed E-state index contributed by atoms with van der Waals surface area (Å²) in [6.07, 6.45) is 11.3. The van der Waals surface area contributed by atoms with Gasteiger partial charge in [0, 0.05) is 19.1 Å². The molecule has 2 rings (SSSR count). The minimum absolute atomic E-state index is 0.0394. The first kappa shape index (κ1) is 23.3. The average molecular weight is 399 g/mol. The molecular formula is C26H38O3. The Morgan fingerprint density at radius 2 is 1.31 bits per heavy atom. The Hall–Kier alpha value is -2.00. The van der Waals surface area contributed by atoms with Crippen LogP contribution < -0.4 is 9.47 Å². The van der Waals surface area contributed by atoms with Crippen LogP contribution in [0, 0.1) is 0 Å². The highest BCUT2D eigenvalue weighted by atomic mass is 16.5. The summed E-state index contributed by atoms with van der Waals surface area (Å²) in [6.45, 7) is 3.07. The Kier molecular flexibility index (Phi) is 11.3. The summed E-state index contributed by atoms with van der Waals surface area (Å²) in [5, 5.41) is 0. The number of methoxy groups -OCH3 is 2. The van der Waals surface area contributed by atoms with Crippen molar-refractivity contribution >= 4 is 0 Å². The van der Waals surface area contributed by atoms with E-state index < -0.39 is 0 Å². The van der Waals surface area contributed by atoms with Crippen molar-refractivity contribution < 1.29 is 14.2 Å². The summed E-state index contributed by atoms with van der Waals surface area (Å²) < 4.78 is 17.2. The Bertz CT molecular complexity index is 647. The van der Waals surface area contributed by atoms with E-state index in [9.17, 15) is 0 Å². The van der Waals surface area contributed by atoms with Gasteiger partial charge in [0.1, 0.15) is 11.5 Å². The number of hydrogen-bond donors (Lipinski definition) is 0. The molecule has 1 unspecified atom stereocenters. The van der Waals surface area contributed by atoms with Gasteiger partial charge in [-0.05, 0) is 29.7 Å². The van der Waals surface area contributed by atoms with E-state index in [0.717, 1.165) is 36.5 Å². The second-order valence-corrected chi connectivity index (χ2v) is 7.67. The Labute approximate surface area is 177 Å². The molecule has 0 aromatic heterocycles. The third-order valence-electron chi connectivity index (χ3n) is 5.32. The molecule has 0 amide bonds. The van der Waals surface area contributed by atoms with Crippen molar-refractivity contribution in [3.05, 3.63) is 59.7 Å². The van der Waals surface area contributed by atoms with Crippen molar-refractivity contribution in [3.8, 4) is 11.5 Å². The Morgan fingerprint density at radius 3 is 1.90 bits per heavy atom. The molecular weight excluding hydrogens is 360 g/mol. The molecule has 0 aliphatic rings. The summed E-state index contributed by atoms with van der Waals surface area (Å²) in [4.78, 5) is 0. The van der Waals surface area contributed by atoms with E-state index in [-0.39, 0.29) is 6.10 Å². The SMILES string of the molecule is CCCCCCCCCCOC(Cc1cc(OC)cc(OC)c1)c1ccccc1. The highest BCUT2D eigenvalue weighted by Crippen LogP contribution is 2.28. The largest absolute Gasteiger partial charge is 0.497 e. The van der Waals surface area contributed by atoms with Crippen LogP contribution in [0.3, 0.4) is 0 Å². The molecule has 0 saturated carbocycles. The third kappa shape index (κ3) is 8.91. The van der Waals surface area contributed by atoms with E-state index >= 15 is 0 Å². The van der Waals surface area contributed by atoms with E-state index in [0.29, 0.717) is 0 Å². The lowest BCUT2D eigenvalue weighted by molar-refractivity contribution is 0.0500. The summed E-state index contributed by atoms with van der Waals surface area (Å²) in [5.74, 6) is 1.63. The normalized spacial score (nSPS) is 12.0. The lowest BCUT2D eigenvalue weighted by Gasteiger charge is -2.19. The van der Waals surface area contributed by atoms with Crippen LogP contribution in [0.1, 0.15) is 75.5 Å². The first-order valence-corrected chi connectivity index (χ1v) is 11.1. The first-order chi connectivity index (χ1) is 14.3. The molecule has 0 bridgehead atoms. The van der Waals surface area contributed by atoms with Crippen LogP contribution in [0.5, 0.6) is 11.5 Å². The van der Waals surface area contributed by atoms with Gasteiger partial charge in [-0.25, -0.2) is 0 Å². The van der Waals surface area contributed by atoms with Crippen LogP contribution >= 0.6 is 0 Å². The monoisotopic (exact) mass is 398 g/mol. The molecule has 0 radical (unpaired) electrons. The van der Waals surface area contributed by atoms with Gasteiger partial charge in [0.15, 0.2) is 0 Å². The molecule has 2 aromatic carbocycles. The quantitative estimate of drug-likeness (QED) is 0.298. The van der Waals surface area contributed by atoms with Crippen LogP contribution in [0.25, 0.3) is 0 Å². The molecule has 3 heteroatoms. The van der Waals surface area contributed by atoms with E-state index in [1.165, 1.54) is 50.5 Å². The second kappa shape index (κ2) is 14.1. The second-order valence-electron chi connectivity index (χ2n) is 7.67. The van der Waals surface area contributed by atoms with Crippen molar-refractivity contribution in [1.29, 1.82) is 0 Å². The van der Waals surface area contributed by atoms with E-state index in [4.69, 9.17) is 14.2 Å². The van der Waals surface area contributed by atoms with Gasteiger partial charge in [0.05, 0.1) is 20.3 Å².